The maximum absolute atomic E-state index is 12.6. The van der Waals surface area contributed by atoms with E-state index < -0.39 is 32.5 Å². The van der Waals surface area contributed by atoms with Gasteiger partial charge in [-0.15, -0.1) is 0 Å². The molecule has 0 saturated carbocycles. The number of nitrogens with two attached hydrogens (primary N) is 1. The Morgan fingerprint density at radius 3 is 1.63 bits per heavy atom. The van der Waals surface area contributed by atoms with E-state index in [0.29, 0.717) is 19.3 Å². The molecule has 0 aromatic carbocycles. The van der Waals surface area contributed by atoms with Crippen LogP contribution in [-0.2, 0) is 32.7 Å². The van der Waals surface area contributed by atoms with Gasteiger partial charge >= 0.3 is 19.8 Å². The Hall–Kier alpha value is -2.59. The van der Waals surface area contributed by atoms with E-state index in [9.17, 15) is 24.2 Å². The molecule has 0 spiro atoms. The fourth-order valence-corrected chi connectivity index (χ4v) is 6.85. The zero-order valence-electron chi connectivity index (χ0n) is 37.8. The maximum atomic E-state index is 12.6. The molecule has 11 heteroatoms. The molecule has 0 aliphatic rings. The molecule has 0 aromatic rings. The smallest absolute Gasteiger partial charge is 0.462 e. The average molecular weight is 864 g/mol. The van der Waals surface area contributed by atoms with Gasteiger partial charge in [0.1, 0.15) is 6.61 Å². The number of phosphoric ester groups is 1. The lowest BCUT2D eigenvalue weighted by molar-refractivity contribution is -0.161. The number of phosphoric acid groups is 1. The van der Waals surface area contributed by atoms with Crippen molar-refractivity contribution < 1.29 is 42.7 Å². The zero-order chi connectivity index (χ0) is 44.0. The number of hydrogen-bond donors (Lipinski definition) is 3. The van der Waals surface area contributed by atoms with Gasteiger partial charge < -0.3 is 25.2 Å². The minimum atomic E-state index is -4.41. The van der Waals surface area contributed by atoms with Crippen LogP contribution in [0.5, 0.6) is 0 Å². The van der Waals surface area contributed by atoms with E-state index in [1.165, 1.54) is 96.3 Å². The number of unbranched alkanes of at least 4 members (excludes halogenated alkanes) is 18. The molecular weight excluding hydrogens is 778 g/mol. The Labute approximate surface area is 365 Å². The summed E-state index contributed by atoms with van der Waals surface area (Å²) in [5, 5.41) is 9.48. The molecule has 4 N–H and O–H groups in total. The second kappa shape index (κ2) is 44.5. The lowest BCUT2D eigenvalue weighted by Gasteiger charge is -2.19. The fraction of sp³-hybridized carbons (Fsp3) is 0.714. The number of allylic oxidation sites excluding steroid dienone is 11. The first-order valence-electron chi connectivity index (χ1n) is 23.5. The average Bonchev–Trinajstić information content (AvgIpc) is 3.24. The van der Waals surface area contributed by atoms with Crippen LogP contribution in [0.4, 0.5) is 0 Å². The molecule has 3 atom stereocenters. The number of ether oxygens (including phenoxy) is 2. The first-order valence-corrected chi connectivity index (χ1v) is 25.0. The van der Waals surface area contributed by atoms with E-state index in [0.717, 1.165) is 44.9 Å². The minimum absolute atomic E-state index is 0.0353. The van der Waals surface area contributed by atoms with Gasteiger partial charge in [-0.3, -0.25) is 18.6 Å². The van der Waals surface area contributed by atoms with E-state index in [1.807, 2.05) is 37.3 Å². The van der Waals surface area contributed by atoms with Crippen molar-refractivity contribution in [1.82, 2.24) is 0 Å². The Balaban J connectivity index is 4.19. The Morgan fingerprint density at radius 2 is 1.07 bits per heavy atom. The second-order valence-corrected chi connectivity index (χ2v) is 16.9. The van der Waals surface area contributed by atoms with E-state index in [2.05, 4.69) is 43.4 Å². The quantitative estimate of drug-likeness (QED) is 0.0177. The summed E-state index contributed by atoms with van der Waals surface area (Å²) < 4.78 is 32.8. The predicted molar refractivity (Wildman–Crippen MR) is 248 cm³/mol. The van der Waals surface area contributed by atoms with E-state index in [4.69, 9.17) is 24.3 Å². The molecule has 60 heavy (non-hydrogen) atoms. The fourth-order valence-electron chi connectivity index (χ4n) is 6.09. The molecular formula is C49H86NO9P. The highest BCUT2D eigenvalue weighted by molar-refractivity contribution is 7.47. The Kier molecular flexibility index (Phi) is 42.5. The summed E-state index contributed by atoms with van der Waals surface area (Å²) in [6.45, 7) is 3.32. The molecule has 0 bridgehead atoms. The number of carbonyl (C=O) groups excluding carboxylic acids is 2. The summed E-state index contributed by atoms with van der Waals surface area (Å²) in [4.78, 5) is 34.9. The number of aliphatic hydroxyl groups is 1. The van der Waals surface area contributed by atoms with Crippen LogP contribution in [0.1, 0.15) is 187 Å². The summed E-state index contributed by atoms with van der Waals surface area (Å²) in [6, 6.07) is 0. The molecule has 0 radical (unpaired) electrons. The lowest BCUT2D eigenvalue weighted by atomic mass is 10.0. The molecule has 0 aliphatic heterocycles. The Morgan fingerprint density at radius 1 is 0.583 bits per heavy atom. The number of hydrogen-bond acceptors (Lipinski definition) is 9. The number of carbonyl (C=O) groups is 2. The van der Waals surface area contributed by atoms with Crippen LogP contribution in [0.25, 0.3) is 0 Å². The van der Waals surface area contributed by atoms with Crippen molar-refractivity contribution in [1.29, 1.82) is 0 Å². The molecule has 10 nitrogen and oxygen atoms in total. The monoisotopic (exact) mass is 864 g/mol. The SMILES string of the molecule is CCCCCCCC/C=C\CCCCCCCCCCCCCC(=O)OC[C@H](COP(=O)(O)OCCN)OC(=O)CCC/C=C\C/C=C\C/C=C\C/C=C\C=C\[C@H](O)CC. The summed E-state index contributed by atoms with van der Waals surface area (Å²) >= 11 is 0. The van der Waals surface area contributed by atoms with Crippen LogP contribution in [0.3, 0.4) is 0 Å². The van der Waals surface area contributed by atoms with Gasteiger partial charge in [0, 0.05) is 19.4 Å². The zero-order valence-corrected chi connectivity index (χ0v) is 38.7. The van der Waals surface area contributed by atoms with E-state index in [1.54, 1.807) is 6.08 Å². The number of esters is 2. The van der Waals surface area contributed by atoms with Crippen molar-refractivity contribution in [3.05, 3.63) is 72.9 Å². The summed E-state index contributed by atoms with van der Waals surface area (Å²) in [6.07, 6.45) is 51.8. The van der Waals surface area contributed by atoms with E-state index in [-0.39, 0.29) is 38.7 Å². The topological polar surface area (TPSA) is 155 Å². The van der Waals surface area contributed by atoms with Crippen LogP contribution in [-0.4, -0.2) is 60.5 Å². The molecule has 0 heterocycles. The van der Waals surface area contributed by atoms with Crippen molar-refractivity contribution in [2.75, 3.05) is 26.4 Å². The van der Waals surface area contributed by atoms with Crippen LogP contribution in [0, 0.1) is 0 Å². The van der Waals surface area contributed by atoms with Gasteiger partial charge in [0.2, 0.25) is 0 Å². The molecule has 1 unspecified atom stereocenters. The third kappa shape index (κ3) is 43.5. The van der Waals surface area contributed by atoms with Crippen LogP contribution >= 0.6 is 7.82 Å². The van der Waals surface area contributed by atoms with Crippen molar-refractivity contribution in [2.45, 2.75) is 199 Å². The molecule has 0 aliphatic carbocycles. The third-order valence-electron chi connectivity index (χ3n) is 9.73. The van der Waals surface area contributed by atoms with Gasteiger partial charge in [-0.1, -0.05) is 177 Å². The highest BCUT2D eigenvalue weighted by Crippen LogP contribution is 2.43. The summed E-state index contributed by atoms with van der Waals surface area (Å²) in [5.41, 5.74) is 5.35. The van der Waals surface area contributed by atoms with Crippen molar-refractivity contribution in [3.63, 3.8) is 0 Å². The van der Waals surface area contributed by atoms with Crippen molar-refractivity contribution in [2.24, 2.45) is 5.73 Å². The first-order chi connectivity index (χ1) is 29.2. The molecule has 346 valence electrons. The normalized spacial score (nSPS) is 14.4. The minimum Gasteiger partial charge on any atom is -0.462 e. The summed E-state index contributed by atoms with van der Waals surface area (Å²) in [7, 11) is -4.41. The molecule has 0 amide bonds. The highest BCUT2D eigenvalue weighted by Gasteiger charge is 2.26. The maximum Gasteiger partial charge on any atom is 0.472 e. The van der Waals surface area contributed by atoms with Crippen LogP contribution in [0.2, 0.25) is 0 Å². The van der Waals surface area contributed by atoms with Crippen LogP contribution < -0.4 is 5.73 Å². The van der Waals surface area contributed by atoms with Crippen molar-refractivity contribution >= 4 is 19.8 Å². The van der Waals surface area contributed by atoms with E-state index >= 15 is 0 Å². The highest BCUT2D eigenvalue weighted by atomic mass is 31.2. The van der Waals surface area contributed by atoms with Crippen LogP contribution in [0.15, 0.2) is 72.9 Å². The van der Waals surface area contributed by atoms with Gasteiger partial charge in [0.25, 0.3) is 0 Å². The van der Waals surface area contributed by atoms with Gasteiger partial charge in [-0.05, 0) is 70.6 Å². The second-order valence-electron chi connectivity index (χ2n) is 15.4. The van der Waals surface area contributed by atoms with Crippen molar-refractivity contribution in [3.8, 4) is 0 Å². The lowest BCUT2D eigenvalue weighted by Crippen LogP contribution is -2.29. The molecule has 0 saturated heterocycles. The van der Waals surface area contributed by atoms with Gasteiger partial charge in [0.05, 0.1) is 19.3 Å². The predicted octanol–water partition coefficient (Wildman–Crippen LogP) is 12.8. The van der Waals surface area contributed by atoms with Gasteiger partial charge in [-0.2, -0.15) is 0 Å². The Bertz CT molecular complexity index is 1230. The molecule has 0 fully saturated rings. The summed E-state index contributed by atoms with van der Waals surface area (Å²) in [5.74, 6) is -0.919. The number of rotatable bonds is 43. The number of aliphatic hydroxyl groups excluding tert-OH is 1. The third-order valence-corrected chi connectivity index (χ3v) is 10.7. The van der Waals surface area contributed by atoms with Gasteiger partial charge in [0.15, 0.2) is 6.10 Å². The molecule has 0 rings (SSSR count). The standard InChI is InChI=1S/C49H86NO9P/c1-3-5-6-7-8-9-10-11-12-13-14-15-16-17-18-22-25-28-31-34-37-40-48(52)56-44-47(45-58-60(54,55)57-43-42-50)59-49(53)41-38-35-32-29-26-23-20-19-21-24-27-30-33-36-39-46(51)4-2/h11-12,20-21,23-24,29-30,32-33,36,39,46-47,51H,3-10,13-19,22,25-28,31,34-35,37-38,40-45,50H2,1-2H3,(H,54,55)/b12-11-,23-20-,24-21-,32-29-,33-30-,39-36+/t46-,47-/m1/s1. The largest absolute Gasteiger partial charge is 0.472 e. The molecule has 0 aromatic heterocycles. The van der Waals surface area contributed by atoms with Gasteiger partial charge in [-0.25, -0.2) is 4.57 Å². The first kappa shape index (κ1) is 57.4.